The van der Waals surface area contributed by atoms with E-state index >= 15 is 0 Å². The molecule has 0 aliphatic rings. The number of hydrogen-bond acceptors (Lipinski definition) is 6. The van der Waals surface area contributed by atoms with Gasteiger partial charge in [0.15, 0.2) is 0 Å². The topological polar surface area (TPSA) is 120 Å². The lowest BCUT2D eigenvalue weighted by molar-refractivity contribution is -0.384. The first-order valence-corrected chi connectivity index (χ1v) is 5.36. The predicted octanol–water partition coefficient (Wildman–Crippen LogP) is 1.61. The third-order valence-electron chi connectivity index (χ3n) is 2.91. The number of H-pyrrole nitrogens is 1. The van der Waals surface area contributed by atoms with Crippen LogP contribution in [-0.4, -0.2) is 27.0 Å². The van der Waals surface area contributed by atoms with Crippen LogP contribution < -0.4 is 10.5 Å². The Labute approximate surface area is 106 Å². The van der Waals surface area contributed by atoms with Crippen LogP contribution >= 0.6 is 0 Å². The summed E-state index contributed by atoms with van der Waals surface area (Å²) in [5, 5.41) is 12.1. The maximum Gasteiger partial charge on any atom is 0.273 e. The second-order valence-corrected chi connectivity index (χ2v) is 3.94. The summed E-state index contributed by atoms with van der Waals surface area (Å²) in [6, 6.07) is 2.78. The number of benzene rings is 1. The summed E-state index contributed by atoms with van der Waals surface area (Å²) in [5.74, 6) is 0.625. The average Bonchev–Trinajstić information content (AvgIpc) is 2.77. The van der Waals surface area contributed by atoms with Crippen LogP contribution in [0.4, 0.5) is 11.5 Å². The standard InChI is InChI=1S/C11H9N5O3/c1-19-7-3-5(16(17)18)2-6-8-10(12)13-4-14-11(8)15-9(6)7/h2-4H,1H3,(H3,12,13,14,15). The second kappa shape index (κ2) is 3.80. The van der Waals surface area contributed by atoms with Crippen LogP contribution in [0.25, 0.3) is 21.9 Å². The molecule has 3 aromatic rings. The molecule has 0 spiro atoms. The summed E-state index contributed by atoms with van der Waals surface area (Å²) in [6.45, 7) is 0. The molecule has 0 saturated heterocycles. The Bertz CT molecular complexity index is 811. The van der Waals surface area contributed by atoms with Gasteiger partial charge in [0.05, 0.1) is 29.0 Å². The zero-order valence-electron chi connectivity index (χ0n) is 9.88. The van der Waals surface area contributed by atoms with Gasteiger partial charge in [0, 0.05) is 11.5 Å². The number of nitrogens with zero attached hydrogens (tertiary/aromatic N) is 3. The number of rotatable bonds is 2. The smallest absolute Gasteiger partial charge is 0.273 e. The number of aromatic nitrogens is 3. The van der Waals surface area contributed by atoms with Crippen LogP contribution in [0.1, 0.15) is 0 Å². The summed E-state index contributed by atoms with van der Waals surface area (Å²) in [5.41, 5.74) is 6.85. The van der Waals surface area contributed by atoms with E-state index < -0.39 is 4.92 Å². The van der Waals surface area contributed by atoms with Crippen LogP contribution in [-0.2, 0) is 0 Å². The molecule has 19 heavy (non-hydrogen) atoms. The molecule has 96 valence electrons. The highest BCUT2D eigenvalue weighted by molar-refractivity contribution is 6.12. The molecule has 0 aliphatic heterocycles. The van der Waals surface area contributed by atoms with Crippen molar-refractivity contribution >= 4 is 33.4 Å². The van der Waals surface area contributed by atoms with Gasteiger partial charge in [0.1, 0.15) is 23.5 Å². The van der Waals surface area contributed by atoms with E-state index in [2.05, 4.69) is 15.0 Å². The van der Waals surface area contributed by atoms with Crippen LogP contribution in [0, 0.1) is 10.1 Å². The van der Waals surface area contributed by atoms with Crippen molar-refractivity contribution in [2.75, 3.05) is 12.8 Å². The quantitative estimate of drug-likeness (QED) is 0.532. The third-order valence-corrected chi connectivity index (χ3v) is 2.91. The summed E-state index contributed by atoms with van der Waals surface area (Å²) >= 11 is 0. The molecule has 0 atom stereocenters. The Morgan fingerprint density at radius 2 is 2.21 bits per heavy atom. The Morgan fingerprint density at radius 1 is 1.42 bits per heavy atom. The molecule has 2 heterocycles. The molecule has 8 heteroatoms. The number of nitrogen functional groups attached to an aromatic ring is 1. The van der Waals surface area contributed by atoms with Crippen molar-refractivity contribution in [3.05, 3.63) is 28.6 Å². The summed E-state index contributed by atoms with van der Waals surface area (Å²) < 4.78 is 5.16. The molecule has 0 unspecified atom stereocenters. The van der Waals surface area contributed by atoms with Gasteiger partial charge in [0.25, 0.3) is 5.69 Å². The van der Waals surface area contributed by atoms with Gasteiger partial charge in [-0.2, -0.15) is 0 Å². The fraction of sp³-hybridized carbons (Fsp3) is 0.0909. The monoisotopic (exact) mass is 259 g/mol. The average molecular weight is 259 g/mol. The van der Waals surface area contributed by atoms with Gasteiger partial charge in [-0.15, -0.1) is 0 Å². The number of nitrogens with two attached hydrogens (primary N) is 1. The number of methoxy groups -OCH3 is 1. The summed E-state index contributed by atoms with van der Waals surface area (Å²) in [7, 11) is 1.44. The maximum atomic E-state index is 10.9. The number of nitro groups is 1. The van der Waals surface area contributed by atoms with Gasteiger partial charge in [-0.05, 0) is 0 Å². The number of anilines is 1. The van der Waals surface area contributed by atoms with Crippen molar-refractivity contribution in [2.45, 2.75) is 0 Å². The van der Waals surface area contributed by atoms with E-state index in [0.717, 1.165) is 0 Å². The van der Waals surface area contributed by atoms with Gasteiger partial charge < -0.3 is 15.5 Å². The molecule has 0 aliphatic carbocycles. The van der Waals surface area contributed by atoms with Crippen molar-refractivity contribution in [1.82, 2.24) is 15.0 Å². The molecular weight excluding hydrogens is 250 g/mol. The van der Waals surface area contributed by atoms with Crippen LogP contribution in [0.2, 0.25) is 0 Å². The number of aromatic amines is 1. The zero-order valence-corrected chi connectivity index (χ0v) is 9.88. The predicted molar refractivity (Wildman–Crippen MR) is 69.0 cm³/mol. The highest BCUT2D eigenvalue weighted by Crippen LogP contribution is 2.36. The van der Waals surface area contributed by atoms with Crippen LogP contribution in [0.15, 0.2) is 18.5 Å². The molecule has 3 rings (SSSR count). The van der Waals surface area contributed by atoms with E-state index in [1.807, 2.05) is 0 Å². The molecule has 3 N–H and O–H groups in total. The van der Waals surface area contributed by atoms with Gasteiger partial charge >= 0.3 is 0 Å². The first-order chi connectivity index (χ1) is 9.11. The highest BCUT2D eigenvalue weighted by Gasteiger charge is 2.18. The number of nitrogens with one attached hydrogen (secondary N) is 1. The minimum absolute atomic E-state index is 0.0755. The molecule has 8 nitrogen and oxygen atoms in total. The maximum absolute atomic E-state index is 10.9. The number of fused-ring (bicyclic) bond motifs is 3. The minimum atomic E-state index is -0.485. The van der Waals surface area contributed by atoms with Crippen LogP contribution in [0.3, 0.4) is 0 Å². The Balaban J connectivity index is 2.52. The van der Waals surface area contributed by atoms with Crippen molar-refractivity contribution in [3.63, 3.8) is 0 Å². The van der Waals surface area contributed by atoms with Crippen molar-refractivity contribution in [3.8, 4) is 5.75 Å². The molecule has 0 saturated carbocycles. The van der Waals surface area contributed by atoms with Crippen molar-refractivity contribution in [2.24, 2.45) is 0 Å². The van der Waals surface area contributed by atoms with Gasteiger partial charge in [-0.3, -0.25) is 10.1 Å². The number of ether oxygens (including phenoxy) is 1. The Kier molecular flexibility index (Phi) is 2.24. The van der Waals surface area contributed by atoms with E-state index in [9.17, 15) is 10.1 Å². The lowest BCUT2D eigenvalue weighted by Gasteiger charge is -2.01. The van der Waals surface area contributed by atoms with E-state index in [-0.39, 0.29) is 11.5 Å². The van der Waals surface area contributed by atoms with Crippen molar-refractivity contribution in [1.29, 1.82) is 0 Å². The van der Waals surface area contributed by atoms with Crippen LogP contribution in [0.5, 0.6) is 5.75 Å². The molecule has 0 fully saturated rings. The molecule has 1 aromatic carbocycles. The first-order valence-electron chi connectivity index (χ1n) is 5.36. The molecule has 0 amide bonds. The van der Waals surface area contributed by atoms with Gasteiger partial charge in [-0.25, -0.2) is 9.97 Å². The van der Waals surface area contributed by atoms with Gasteiger partial charge in [-0.1, -0.05) is 0 Å². The lowest BCUT2D eigenvalue weighted by Crippen LogP contribution is -1.92. The second-order valence-electron chi connectivity index (χ2n) is 3.94. The Morgan fingerprint density at radius 3 is 2.89 bits per heavy atom. The third kappa shape index (κ3) is 1.53. The normalized spacial score (nSPS) is 11.0. The highest BCUT2D eigenvalue weighted by atomic mass is 16.6. The molecule has 2 aromatic heterocycles. The fourth-order valence-electron chi connectivity index (χ4n) is 2.07. The number of hydrogen-bond donors (Lipinski definition) is 2. The number of non-ortho nitro benzene ring substituents is 1. The van der Waals surface area contributed by atoms with E-state index in [1.54, 1.807) is 0 Å². The molecule has 0 bridgehead atoms. The zero-order chi connectivity index (χ0) is 13.6. The number of nitro benzene ring substituents is 1. The summed E-state index contributed by atoms with van der Waals surface area (Å²) in [4.78, 5) is 21.4. The Hall–Kier alpha value is -2.90. The van der Waals surface area contributed by atoms with Gasteiger partial charge in [0.2, 0.25) is 0 Å². The van der Waals surface area contributed by atoms with E-state index in [4.69, 9.17) is 10.5 Å². The fourth-order valence-corrected chi connectivity index (χ4v) is 2.07. The molecule has 0 radical (unpaired) electrons. The summed E-state index contributed by atoms with van der Waals surface area (Å²) in [6.07, 6.45) is 1.33. The minimum Gasteiger partial charge on any atom is -0.494 e. The van der Waals surface area contributed by atoms with E-state index in [1.165, 1.54) is 25.6 Å². The first kappa shape index (κ1) is 11.2. The van der Waals surface area contributed by atoms with Crippen molar-refractivity contribution < 1.29 is 9.66 Å². The SMILES string of the molecule is COc1cc([N+](=O)[O-])cc2c1[nH]c1ncnc(N)c12. The largest absolute Gasteiger partial charge is 0.494 e. The molecular formula is C11H9N5O3. The lowest BCUT2D eigenvalue weighted by atomic mass is 10.1. The van der Waals surface area contributed by atoms with E-state index in [0.29, 0.717) is 27.7 Å².